The molecule has 0 radical (unpaired) electrons. The van der Waals surface area contributed by atoms with Gasteiger partial charge in [-0.05, 0) is 69.5 Å². The number of hydrogen-bond acceptors (Lipinski definition) is 4. The van der Waals surface area contributed by atoms with Gasteiger partial charge in [0.05, 0.1) is 4.88 Å². The van der Waals surface area contributed by atoms with Crippen molar-refractivity contribution in [3.8, 4) is 10.4 Å². The SMILES string of the molecule is CC(=O)c1cccc(-c2ccc(C(=O)NC3C4CCN(CC4)C3C)s2)c1. The number of Topliss-reactive ketones (excluding diaryl/α,β-unsaturated/α-hetero) is 1. The Labute approximate surface area is 158 Å². The number of amides is 1. The summed E-state index contributed by atoms with van der Waals surface area (Å²) in [5.74, 6) is 0.679. The van der Waals surface area contributed by atoms with Crippen molar-refractivity contribution in [3.05, 3.63) is 46.8 Å². The number of hydrogen-bond donors (Lipinski definition) is 1. The highest BCUT2D eigenvalue weighted by atomic mass is 32.1. The minimum atomic E-state index is 0.0228. The fourth-order valence-corrected chi connectivity index (χ4v) is 5.18. The summed E-state index contributed by atoms with van der Waals surface area (Å²) in [5, 5.41) is 3.29. The van der Waals surface area contributed by atoms with E-state index in [4.69, 9.17) is 0 Å². The second-order valence-corrected chi connectivity index (χ2v) is 8.50. The molecule has 136 valence electrons. The summed E-state index contributed by atoms with van der Waals surface area (Å²) in [5.41, 5.74) is 1.68. The van der Waals surface area contributed by atoms with Crippen molar-refractivity contribution in [2.45, 2.75) is 38.8 Å². The molecule has 1 N–H and O–H groups in total. The van der Waals surface area contributed by atoms with E-state index in [0.717, 1.165) is 28.4 Å². The maximum absolute atomic E-state index is 12.8. The van der Waals surface area contributed by atoms with Crippen LogP contribution in [0.25, 0.3) is 10.4 Å². The number of carbonyl (C=O) groups excluding carboxylic acids is 2. The Balaban J connectivity index is 1.50. The average molecular weight is 369 g/mol. The molecule has 3 saturated heterocycles. The number of nitrogens with zero attached hydrogens (tertiary/aromatic N) is 1. The molecule has 3 aliphatic heterocycles. The topological polar surface area (TPSA) is 49.4 Å². The Bertz CT molecular complexity index is 834. The molecule has 2 aromatic rings. The van der Waals surface area contributed by atoms with Gasteiger partial charge in [-0.1, -0.05) is 18.2 Å². The highest BCUT2D eigenvalue weighted by Crippen LogP contribution is 2.33. The Morgan fingerprint density at radius 3 is 2.62 bits per heavy atom. The molecule has 2 atom stereocenters. The molecule has 4 heterocycles. The zero-order chi connectivity index (χ0) is 18.3. The van der Waals surface area contributed by atoms with Crippen LogP contribution >= 0.6 is 11.3 Å². The minimum absolute atomic E-state index is 0.0228. The van der Waals surface area contributed by atoms with Gasteiger partial charge in [0.15, 0.2) is 5.78 Å². The average Bonchev–Trinajstić information content (AvgIpc) is 3.15. The number of ketones is 1. The largest absolute Gasteiger partial charge is 0.347 e. The Morgan fingerprint density at radius 1 is 1.15 bits per heavy atom. The summed E-state index contributed by atoms with van der Waals surface area (Å²) in [7, 11) is 0. The third kappa shape index (κ3) is 3.21. The molecule has 1 aromatic carbocycles. The number of rotatable bonds is 4. The van der Waals surface area contributed by atoms with Gasteiger partial charge < -0.3 is 5.32 Å². The predicted molar refractivity (Wildman–Crippen MR) is 105 cm³/mol. The first-order valence-electron chi connectivity index (χ1n) is 9.29. The van der Waals surface area contributed by atoms with Crippen LogP contribution in [0.15, 0.2) is 36.4 Å². The van der Waals surface area contributed by atoms with Gasteiger partial charge in [0.2, 0.25) is 0 Å². The minimum Gasteiger partial charge on any atom is -0.347 e. The number of fused-ring (bicyclic) bond motifs is 3. The van der Waals surface area contributed by atoms with Gasteiger partial charge in [0.25, 0.3) is 5.91 Å². The number of nitrogens with one attached hydrogen (secondary N) is 1. The normalized spacial score (nSPS) is 27.3. The first-order chi connectivity index (χ1) is 12.5. The highest BCUT2D eigenvalue weighted by molar-refractivity contribution is 7.17. The van der Waals surface area contributed by atoms with Crippen molar-refractivity contribution in [3.63, 3.8) is 0 Å². The van der Waals surface area contributed by atoms with Gasteiger partial charge in [-0.25, -0.2) is 0 Å². The molecular formula is C21H24N2O2S. The lowest BCUT2D eigenvalue weighted by Gasteiger charge is -2.49. The van der Waals surface area contributed by atoms with Crippen LogP contribution in [-0.4, -0.2) is 41.8 Å². The summed E-state index contributed by atoms with van der Waals surface area (Å²) in [6.45, 7) is 6.12. The smallest absolute Gasteiger partial charge is 0.261 e. The molecule has 4 nitrogen and oxygen atoms in total. The van der Waals surface area contributed by atoms with E-state index in [0.29, 0.717) is 17.5 Å². The van der Waals surface area contributed by atoms with Crippen LogP contribution in [-0.2, 0) is 0 Å². The Kier molecular flexibility index (Phi) is 4.67. The number of benzene rings is 1. The highest BCUT2D eigenvalue weighted by Gasteiger charge is 2.40. The van der Waals surface area contributed by atoms with Crippen molar-refractivity contribution in [2.24, 2.45) is 5.92 Å². The van der Waals surface area contributed by atoms with Crippen LogP contribution in [0.4, 0.5) is 0 Å². The maximum Gasteiger partial charge on any atom is 0.261 e. The molecule has 0 saturated carbocycles. The van der Waals surface area contributed by atoms with Crippen LogP contribution in [0.3, 0.4) is 0 Å². The maximum atomic E-state index is 12.8. The third-order valence-electron chi connectivity index (χ3n) is 5.86. The van der Waals surface area contributed by atoms with Gasteiger partial charge in [-0.3, -0.25) is 14.5 Å². The number of piperidine rings is 3. The molecule has 2 unspecified atom stereocenters. The molecular weight excluding hydrogens is 344 g/mol. The van der Waals surface area contributed by atoms with Crippen molar-refractivity contribution in [1.29, 1.82) is 0 Å². The summed E-state index contributed by atoms with van der Waals surface area (Å²) in [6.07, 6.45) is 2.37. The fraction of sp³-hybridized carbons (Fsp3) is 0.429. The molecule has 3 fully saturated rings. The van der Waals surface area contributed by atoms with Crippen LogP contribution < -0.4 is 5.32 Å². The fourth-order valence-electron chi connectivity index (χ4n) is 4.27. The molecule has 3 aliphatic rings. The number of carbonyl (C=O) groups is 2. The van der Waals surface area contributed by atoms with E-state index in [9.17, 15) is 9.59 Å². The molecule has 2 bridgehead atoms. The summed E-state index contributed by atoms with van der Waals surface area (Å²) < 4.78 is 0. The van der Waals surface area contributed by atoms with Crippen molar-refractivity contribution >= 4 is 23.0 Å². The van der Waals surface area contributed by atoms with Gasteiger partial charge in [0.1, 0.15) is 0 Å². The van der Waals surface area contributed by atoms with E-state index < -0.39 is 0 Å². The van der Waals surface area contributed by atoms with Crippen molar-refractivity contribution in [2.75, 3.05) is 13.1 Å². The molecule has 5 rings (SSSR count). The second-order valence-electron chi connectivity index (χ2n) is 7.41. The van der Waals surface area contributed by atoms with E-state index >= 15 is 0 Å². The van der Waals surface area contributed by atoms with Crippen molar-refractivity contribution < 1.29 is 9.59 Å². The second kappa shape index (κ2) is 6.97. The van der Waals surface area contributed by atoms with E-state index in [1.54, 1.807) is 6.92 Å². The van der Waals surface area contributed by atoms with Crippen LogP contribution in [0.1, 0.15) is 46.7 Å². The van der Waals surface area contributed by atoms with Gasteiger partial charge in [-0.15, -0.1) is 11.3 Å². The van der Waals surface area contributed by atoms with E-state index in [2.05, 4.69) is 17.1 Å². The van der Waals surface area contributed by atoms with E-state index in [1.165, 1.54) is 24.2 Å². The van der Waals surface area contributed by atoms with Gasteiger partial charge >= 0.3 is 0 Å². The lowest BCUT2D eigenvalue weighted by atomic mass is 9.79. The van der Waals surface area contributed by atoms with E-state index in [-0.39, 0.29) is 17.7 Å². The lowest BCUT2D eigenvalue weighted by Crippen LogP contribution is -2.62. The lowest BCUT2D eigenvalue weighted by molar-refractivity contribution is 0.0218. The molecule has 26 heavy (non-hydrogen) atoms. The molecule has 5 heteroatoms. The molecule has 0 aliphatic carbocycles. The zero-order valence-corrected chi connectivity index (χ0v) is 16.0. The quantitative estimate of drug-likeness (QED) is 0.835. The molecule has 1 aromatic heterocycles. The van der Waals surface area contributed by atoms with Gasteiger partial charge in [0, 0.05) is 22.5 Å². The standard InChI is InChI=1S/C21H24N2O2S/c1-13-20(15-8-10-23(13)11-9-15)22-21(25)19-7-6-18(26-19)17-5-3-4-16(12-17)14(2)24/h3-7,12-13,15,20H,8-11H2,1-2H3,(H,22,25). The first kappa shape index (κ1) is 17.4. The number of thiophene rings is 1. The first-order valence-corrected chi connectivity index (χ1v) is 10.1. The van der Waals surface area contributed by atoms with Crippen LogP contribution in [0.2, 0.25) is 0 Å². The molecule has 0 spiro atoms. The summed E-state index contributed by atoms with van der Waals surface area (Å²) in [6, 6.07) is 12.1. The third-order valence-corrected chi connectivity index (χ3v) is 6.99. The van der Waals surface area contributed by atoms with E-state index in [1.807, 2.05) is 36.4 Å². The predicted octanol–water partition coefficient (Wildman–Crippen LogP) is 3.83. The summed E-state index contributed by atoms with van der Waals surface area (Å²) in [4.78, 5) is 28.6. The van der Waals surface area contributed by atoms with Crippen LogP contribution in [0.5, 0.6) is 0 Å². The monoisotopic (exact) mass is 368 g/mol. The van der Waals surface area contributed by atoms with Crippen LogP contribution in [0, 0.1) is 5.92 Å². The van der Waals surface area contributed by atoms with Gasteiger partial charge in [-0.2, -0.15) is 0 Å². The summed E-state index contributed by atoms with van der Waals surface area (Å²) >= 11 is 1.49. The molecule has 1 amide bonds. The zero-order valence-electron chi connectivity index (χ0n) is 15.2. The Hall–Kier alpha value is -1.98. The van der Waals surface area contributed by atoms with Crippen molar-refractivity contribution in [1.82, 2.24) is 10.2 Å². The Morgan fingerprint density at radius 2 is 1.92 bits per heavy atom.